The fourth-order valence-electron chi connectivity index (χ4n) is 5.19. The lowest BCUT2D eigenvalue weighted by molar-refractivity contribution is 0.147. The van der Waals surface area contributed by atoms with Crippen molar-refractivity contribution in [3.8, 4) is 0 Å². The molecule has 0 fully saturated rings. The molecule has 0 aliphatic heterocycles. The zero-order chi connectivity index (χ0) is 26.4. The largest absolute Gasteiger partial charge is 0.393 e. The first-order valence-electron chi connectivity index (χ1n) is 16.7. The van der Waals surface area contributed by atoms with Crippen LogP contribution in [0.5, 0.6) is 0 Å². The standard InChI is InChI=1S/C34H68O2/c1-3-5-7-9-10-11-12-13-14-15-16-19-22-27-31-34(36)32-28-24-21-18-17-20-23-26-30-33(35)29-25-8-6-4-2/h23,26,33-36H,3-22,24-25,27-32H2,1-2H3/b26-23-/t33-,34?/m1/s1. The molecule has 0 rings (SSSR count). The van der Waals surface area contributed by atoms with Gasteiger partial charge in [0.1, 0.15) is 0 Å². The minimum Gasteiger partial charge on any atom is -0.393 e. The van der Waals surface area contributed by atoms with Crippen molar-refractivity contribution in [1.82, 2.24) is 0 Å². The smallest absolute Gasteiger partial charge is 0.0574 e. The number of rotatable bonds is 30. The Hall–Kier alpha value is -0.340. The summed E-state index contributed by atoms with van der Waals surface area (Å²) in [5.74, 6) is 0. The first-order valence-corrected chi connectivity index (χ1v) is 16.7. The summed E-state index contributed by atoms with van der Waals surface area (Å²) in [5, 5.41) is 20.2. The van der Waals surface area contributed by atoms with Crippen LogP contribution in [0.3, 0.4) is 0 Å². The van der Waals surface area contributed by atoms with E-state index in [0.717, 1.165) is 38.5 Å². The normalized spacial score (nSPS) is 13.6. The molecule has 0 radical (unpaired) electrons. The molecule has 0 aromatic carbocycles. The van der Waals surface area contributed by atoms with Gasteiger partial charge in [0.05, 0.1) is 12.2 Å². The fourth-order valence-corrected chi connectivity index (χ4v) is 5.19. The highest BCUT2D eigenvalue weighted by Crippen LogP contribution is 2.16. The van der Waals surface area contributed by atoms with Gasteiger partial charge < -0.3 is 10.2 Å². The van der Waals surface area contributed by atoms with E-state index >= 15 is 0 Å². The maximum absolute atomic E-state index is 10.2. The van der Waals surface area contributed by atoms with E-state index in [1.807, 2.05) is 0 Å². The van der Waals surface area contributed by atoms with Crippen LogP contribution in [0, 0.1) is 0 Å². The number of allylic oxidation sites excluding steroid dienone is 1. The van der Waals surface area contributed by atoms with Gasteiger partial charge in [0.15, 0.2) is 0 Å². The van der Waals surface area contributed by atoms with Crippen molar-refractivity contribution < 1.29 is 10.2 Å². The van der Waals surface area contributed by atoms with Crippen LogP contribution in [0.25, 0.3) is 0 Å². The maximum atomic E-state index is 10.2. The minimum atomic E-state index is -0.144. The van der Waals surface area contributed by atoms with Gasteiger partial charge in [0.2, 0.25) is 0 Å². The number of aliphatic hydroxyl groups excluding tert-OH is 2. The second kappa shape index (κ2) is 30.9. The van der Waals surface area contributed by atoms with Crippen LogP contribution in [0.4, 0.5) is 0 Å². The topological polar surface area (TPSA) is 40.5 Å². The molecule has 0 saturated heterocycles. The number of aliphatic hydroxyl groups is 2. The van der Waals surface area contributed by atoms with Crippen molar-refractivity contribution >= 4 is 0 Å². The third-order valence-electron chi connectivity index (χ3n) is 7.76. The molecule has 0 aromatic heterocycles. The van der Waals surface area contributed by atoms with Gasteiger partial charge in [-0.2, -0.15) is 0 Å². The molecular formula is C34H68O2. The summed E-state index contributed by atoms with van der Waals surface area (Å²) in [7, 11) is 0. The third-order valence-corrected chi connectivity index (χ3v) is 7.76. The Bertz CT molecular complexity index is 419. The van der Waals surface area contributed by atoms with E-state index in [4.69, 9.17) is 0 Å². The zero-order valence-corrected chi connectivity index (χ0v) is 25.0. The number of unbranched alkanes of at least 4 members (excludes halogenated alkanes) is 21. The van der Waals surface area contributed by atoms with E-state index < -0.39 is 0 Å². The lowest BCUT2D eigenvalue weighted by atomic mass is 10.0. The van der Waals surface area contributed by atoms with Gasteiger partial charge in [-0.3, -0.25) is 0 Å². The summed E-state index contributed by atoms with van der Waals surface area (Å²) in [4.78, 5) is 0. The van der Waals surface area contributed by atoms with Crippen molar-refractivity contribution in [3.05, 3.63) is 12.2 Å². The lowest BCUT2D eigenvalue weighted by Crippen LogP contribution is -2.05. The van der Waals surface area contributed by atoms with Crippen molar-refractivity contribution in [3.63, 3.8) is 0 Å². The first kappa shape index (κ1) is 35.7. The SMILES string of the molecule is CCCCCCCCCCCCCCCCC(O)CCCCCCC/C=C\C[C@H](O)CCCCCC. The Morgan fingerprint density at radius 1 is 0.389 bits per heavy atom. The maximum Gasteiger partial charge on any atom is 0.0574 e. The predicted octanol–water partition coefficient (Wildman–Crippen LogP) is 11.2. The molecule has 0 aliphatic carbocycles. The van der Waals surface area contributed by atoms with Gasteiger partial charge in [-0.25, -0.2) is 0 Å². The van der Waals surface area contributed by atoms with Crippen molar-refractivity contribution in [2.75, 3.05) is 0 Å². The predicted molar refractivity (Wildman–Crippen MR) is 162 cm³/mol. The summed E-state index contributed by atoms with van der Waals surface area (Å²) in [6.45, 7) is 4.52. The van der Waals surface area contributed by atoms with Crippen LogP contribution in [0.2, 0.25) is 0 Å². The molecule has 0 bridgehead atoms. The number of hydrogen-bond acceptors (Lipinski definition) is 2. The van der Waals surface area contributed by atoms with Crippen molar-refractivity contribution in [1.29, 1.82) is 0 Å². The van der Waals surface area contributed by atoms with Crippen LogP contribution in [0.1, 0.15) is 194 Å². The summed E-state index contributed by atoms with van der Waals surface area (Å²) in [6.07, 6.45) is 39.9. The number of hydrogen-bond donors (Lipinski definition) is 2. The molecule has 0 saturated carbocycles. The van der Waals surface area contributed by atoms with Crippen LogP contribution in [0.15, 0.2) is 12.2 Å². The van der Waals surface area contributed by atoms with Crippen LogP contribution in [-0.2, 0) is 0 Å². The molecule has 0 aliphatic rings. The highest BCUT2D eigenvalue weighted by molar-refractivity contribution is 4.84. The summed E-state index contributed by atoms with van der Waals surface area (Å²) in [5.41, 5.74) is 0. The first-order chi connectivity index (χ1) is 17.7. The Morgan fingerprint density at radius 2 is 0.722 bits per heavy atom. The van der Waals surface area contributed by atoms with Crippen LogP contribution < -0.4 is 0 Å². The van der Waals surface area contributed by atoms with E-state index in [1.165, 1.54) is 141 Å². The molecule has 1 unspecified atom stereocenters. The van der Waals surface area contributed by atoms with Crippen LogP contribution >= 0.6 is 0 Å². The Morgan fingerprint density at radius 3 is 1.17 bits per heavy atom. The van der Waals surface area contributed by atoms with Gasteiger partial charge in [-0.1, -0.05) is 167 Å². The van der Waals surface area contributed by atoms with Crippen LogP contribution in [-0.4, -0.2) is 22.4 Å². The summed E-state index contributed by atoms with van der Waals surface area (Å²) >= 11 is 0. The van der Waals surface area contributed by atoms with Gasteiger partial charge in [0.25, 0.3) is 0 Å². The Labute approximate surface area is 228 Å². The molecular weight excluding hydrogens is 440 g/mol. The molecule has 2 N–H and O–H groups in total. The van der Waals surface area contributed by atoms with Gasteiger partial charge in [-0.15, -0.1) is 0 Å². The molecule has 0 aromatic rings. The van der Waals surface area contributed by atoms with E-state index in [-0.39, 0.29) is 12.2 Å². The van der Waals surface area contributed by atoms with Gasteiger partial charge in [0, 0.05) is 0 Å². The molecule has 2 nitrogen and oxygen atoms in total. The highest BCUT2D eigenvalue weighted by atomic mass is 16.3. The lowest BCUT2D eigenvalue weighted by Gasteiger charge is -2.10. The molecule has 216 valence electrons. The average molecular weight is 509 g/mol. The molecule has 36 heavy (non-hydrogen) atoms. The van der Waals surface area contributed by atoms with Gasteiger partial charge >= 0.3 is 0 Å². The summed E-state index contributed by atoms with van der Waals surface area (Å²) < 4.78 is 0. The quantitative estimate of drug-likeness (QED) is 0.0748. The van der Waals surface area contributed by atoms with E-state index in [9.17, 15) is 10.2 Å². The van der Waals surface area contributed by atoms with E-state index in [1.54, 1.807) is 0 Å². The molecule has 0 amide bonds. The van der Waals surface area contributed by atoms with E-state index in [2.05, 4.69) is 26.0 Å². The second-order valence-corrected chi connectivity index (χ2v) is 11.6. The molecule has 2 atom stereocenters. The van der Waals surface area contributed by atoms with Crippen molar-refractivity contribution in [2.45, 2.75) is 206 Å². The third kappa shape index (κ3) is 29.9. The fraction of sp³-hybridized carbons (Fsp3) is 0.941. The van der Waals surface area contributed by atoms with E-state index in [0.29, 0.717) is 0 Å². The molecule has 2 heteroatoms. The minimum absolute atomic E-state index is 0.0707. The van der Waals surface area contributed by atoms with Gasteiger partial charge in [-0.05, 0) is 38.5 Å². The second-order valence-electron chi connectivity index (χ2n) is 11.6. The molecule has 0 spiro atoms. The highest BCUT2D eigenvalue weighted by Gasteiger charge is 2.04. The summed E-state index contributed by atoms with van der Waals surface area (Å²) in [6, 6.07) is 0. The zero-order valence-electron chi connectivity index (χ0n) is 25.0. The Kier molecular flexibility index (Phi) is 30.6. The Balaban J connectivity index is 3.26. The molecule has 0 heterocycles. The average Bonchev–Trinajstić information content (AvgIpc) is 2.88. The monoisotopic (exact) mass is 509 g/mol. The van der Waals surface area contributed by atoms with Crippen molar-refractivity contribution in [2.24, 2.45) is 0 Å².